The number of aryl methyl sites for hydroxylation is 2. The fraction of sp³-hybridized carbons (Fsp3) is 0.476. The molecule has 0 saturated carbocycles. The first-order valence-corrected chi connectivity index (χ1v) is 10.4. The van der Waals surface area contributed by atoms with Gasteiger partial charge in [-0.3, -0.25) is 14.3 Å². The summed E-state index contributed by atoms with van der Waals surface area (Å²) in [6.07, 6.45) is 0.688. The Labute approximate surface area is 175 Å². The van der Waals surface area contributed by atoms with Crippen molar-refractivity contribution in [3.63, 3.8) is 0 Å². The summed E-state index contributed by atoms with van der Waals surface area (Å²) < 4.78 is 8.97. The van der Waals surface area contributed by atoms with Gasteiger partial charge >= 0.3 is 5.69 Å². The monoisotopic (exact) mass is 414 g/mol. The number of hydrogen-bond donors (Lipinski definition) is 2. The van der Waals surface area contributed by atoms with E-state index in [-0.39, 0.29) is 0 Å². The summed E-state index contributed by atoms with van der Waals surface area (Å²) in [5, 5.41) is 3.34. The number of imidazole rings is 1. The second kappa shape index (κ2) is 10.1. The van der Waals surface area contributed by atoms with Crippen molar-refractivity contribution in [2.75, 3.05) is 38.1 Å². The second-order valence-electron chi connectivity index (χ2n) is 7.05. The predicted octanol–water partition coefficient (Wildman–Crippen LogP) is 1.65. The van der Waals surface area contributed by atoms with Crippen LogP contribution < -0.4 is 21.3 Å². The molecule has 2 N–H and O–H groups in total. The largest absolute Gasteiger partial charge is 0.494 e. The molecule has 0 fully saturated rings. The molecule has 0 radical (unpaired) electrons. The lowest BCUT2D eigenvalue weighted by Crippen LogP contribution is -2.30. The zero-order valence-corrected chi connectivity index (χ0v) is 17.9. The molecule has 9 heteroatoms. The Morgan fingerprint density at radius 1 is 1.17 bits per heavy atom. The number of aromatic nitrogens is 4. The molecule has 0 aliphatic heterocycles. The molecule has 0 saturated heterocycles. The van der Waals surface area contributed by atoms with Crippen LogP contribution in [-0.2, 0) is 13.6 Å². The molecule has 0 amide bonds. The first kappa shape index (κ1) is 21.6. The first-order chi connectivity index (χ1) is 14.5. The third-order valence-corrected chi connectivity index (χ3v) is 5.15. The lowest BCUT2D eigenvalue weighted by Gasteiger charge is -2.18. The average Bonchev–Trinajstić information content (AvgIpc) is 3.12. The summed E-state index contributed by atoms with van der Waals surface area (Å²) in [6.45, 7) is 8.80. The van der Waals surface area contributed by atoms with Crippen molar-refractivity contribution in [1.29, 1.82) is 0 Å². The van der Waals surface area contributed by atoms with Crippen molar-refractivity contribution in [3.8, 4) is 5.75 Å². The number of H-pyrrole nitrogens is 1. The van der Waals surface area contributed by atoms with Crippen molar-refractivity contribution >= 4 is 17.1 Å². The molecule has 2 heterocycles. The van der Waals surface area contributed by atoms with Crippen LogP contribution in [0.1, 0.15) is 20.3 Å². The Bertz CT molecular complexity index is 1070. The molecule has 30 heavy (non-hydrogen) atoms. The Kier molecular flexibility index (Phi) is 7.29. The van der Waals surface area contributed by atoms with E-state index in [0.29, 0.717) is 43.2 Å². The number of nitrogens with zero attached hydrogens (tertiary/aromatic N) is 4. The predicted molar refractivity (Wildman–Crippen MR) is 118 cm³/mol. The average molecular weight is 415 g/mol. The third-order valence-electron chi connectivity index (χ3n) is 5.15. The molecule has 0 bridgehead atoms. The van der Waals surface area contributed by atoms with E-state index < -0.39 is 11.2 Å². The van der Waals surface area contributed by atoms with Gasteiger partial charge in [0, 0.05) is 26.7 Å². The molecule has 9 nitrogen and oxygen atoms in total. The molecule has 3 rings (SSSR count). The minimum absolute atomic E-state index is 0.373. The van der Waals surface area contributed by atoms with E-state index in [1.54, 1.807) is 7.05 Å². The lowest BCUT2D eigenvalue weighted by molar-refractivity contribution is 0.302. The van der Waals surface area contributed by atoms with Crippen molar-refractivity contribution in [2.24, 2.45) is 7.05 Å². The summed E-state index contributed by atoms with van der Waals surface area (Å²) >= 11 is 0. The van der Waals surface area contributed by atoms with E-state index >= 15 is 0 Å². The number of likely N-dealkylation sites (N-methyl/N-ethyl adjacent to an activating group) is 1. The van der Waals surface area contributed by atoms with Gasteiger partial charge in [-0.25, -0.2) is 4.79 Å². The van der Waals surface area contributed by atoms with Gasteiger partial charge in [-0.1, -0.05) is 32.0 Å². The number of benzene rings is 1. The van der Waals surface area contributed by atoms with Gasteiger partial charge in [0.15, 0.2) is 11.2 Å². The summed E-state index contributed by atoms with van der Waals surface area (Å²) in [4.78, 5) is 33.7. The molecular formula is C21H30N6O3. The van der Waals surface area contributed by atoms with Crippen LogP contribution in [0.2, 0.25) is 0 Å². The molecule has 0 spiro atoms. The number of ether oxygens (including phenoxy) is 1. The van der Waals surface area contributed by atoms with Gasteiger partial charge in [-0.15, -0.1) is 0 Å². The van der Waals surface area contributed by atoms with Gasteiger partial charge < -0.3 is 19.5 Å². The van der Waals surface area contributed by atoms with E-state index in [1.165, 1.54) is 4.57 Å². The quantitative estimate of drug-likeness (QED) is 0.463. The second-order valence-corrected chi connectivity index (χ2v) is 7.05. The van der Waals surface area contributed by atoms with Gasteiger partial charge in [0.2, 0.25) is 5.95 Å². The lowest BCUT2D eigenvalue weighted by atomic mass is 10.3. The van der Waals surface area contributed by atoms with E-state index in [9.17, 15) is 9.59 Å². The highest BCUT2D eigenvalue weighted by atomic mass is 16.5. The zero-order valence-electron chi connectivity index (χ0n) is 17.9. The number of anilines is 1. The van der Waals surface area contributed by atoms with Crippen LogP contribution in [0.3, 0.4) is 0 Å². The van der Waals surface area contributed by atoms with Crippen LogP contribution in [0, 0.1) is 0 Å². The highest BCUT2D eigenvalue weighted by molar-refractivity contribution is 5.74. The van der Waals surface area contributed by atoms with Crippen LogP contribution in [0.15, 0.2) is 39.9 Å². The van der Waals surface area contributed by atoms with Gasteiger partial charge in [-0.05, 0) is 31.6 Å². The molecular weight excluding hydrogens is 384 g/mol. The van der Waals surface area contributed by atoms with Gasteiger partial charge in [0.05, 0.1) is 6.61 Å². The maximum Gasteiger partial charge on any atom is 0.329 e. The maximum absolute atomic E-state index is 12.5. The minimum Gasteiger partial charge on any atom is -0.494 e. The first-order valence-electron chi connectivity index (χ1n) is 10.4. The van der Waals surface area contributed by atoms with E-state index in [1.807, 2.05) is 34.9 Å². The third kappa shape index (κ3) is 4.91. The Morgan fingerprint density at radius 2 is 1.90 bits per heavy atom. The topological polar surface area (TPSA) is 97.2 Å². The Balaban J connectivity index is 1.79. The molecule has 3 aromatic rings. The van der Waals surface area contributed by atoms with Crippen molar-refractivity contribution < 1.29 is 4.74 Å². The highest BCUT2D eigenvalue weighted by Crippen LogP contribution is 2.16. The molecule has 0 aliphatic carbocycles. The maximum atomic E-state index is 12.5. The van der Waals surface area contributed by atoms with Crippen LogP contribution in [0.5, 0.6) is 5.75 Å². The van der Waals surface area contributed by atoms with Crippen molar-refractivity contribution in [2.45, 2.75) is 26.8 Å². The van der Waals surface area contributed by atoms with Gasteiger partial charge in [0.1, 0.15) is 5.75 Å². The number of para-hydroxylation sites is 1. The standard InChI is InChI=1S/C21H30N6O3/c1-4-26(5-2)14-12-22-20-23-18-17(19(28)24-21(29)25(18)3)27(20)13-9-15-30-16-10-7-6-8-11-16/h6-8,10-11H,4-5,9,12-15H2,1-3H3,(H,22,23)(H,24,28,29). The summed E-state index contributed by atoms with van der Waals surface area (Å²) in [7, 11) is 1.61. The zero-order chi connectivity index (χ0) is 21.5. The smallest absolute Gasteiger partial charge is 0.329 e. The molecule has 0 atom stereocenters. The molecule has 0 aliphatic rings. The van der Waals surface area contributed by atoms with E-state index in [0.717, 1.165) is 25.4 Å². The SMILES string of the molecule is CCN(CC)CCNc1nc2c(c(=O)[nH]c(=O)n2C)n1CCCOc1ccccc1. The number of fused-ring (bicyclic) bond motifs is 1. The van der Waals surface area contributed by atoms with Crippen molar-refractivity contribution in [1.82, 2.24) is 24.0 Å². The fourth-order valence-corrected chi connectivity index (χ4v) is 3.38. The molecule has 0 unspecified atom stereocenters. The number of hydrogen-bond acceptors (Lipinski definition) is 6. The fourth-order valence-electron chi connectivity index (χ4n) is 3.38. The highest BCUT2D eigenvalue weighted by Gasteiger charge is 2.17. The van der Waals surface area contributed by atoms with E-state index in [4.69, 9.17) is 4.74 Å². The van der Waals surface area contributed by atoms with Crippen LogP contribution in [0.4, 0.5) is 5.95 Å². The summed E-state index contributed by atoms with van der Waals surface area (Å²) in [5.41, 5.74) is -0.138. The minimum atomic E-state index is -0.473. The summed E-state index contributed by atoms with van der Waals surface area (Å²) in [5.74, 6) is 1.40. The van der Waals surface area contributed by atoms with Gasteiger partial charge in [0.25, 0.3) is 5.56 Å². The molecule has 1 aromatic carbocycles. The van der Waals surface area contributed by atoms with Crippen LogP contribution in [-0.4, -0.2) is 56.8 Å². The van der Waals surface area contributed by atoms with E-state index in [2.05, 4.69) is 34.0 Å². The molecule has 162 valence electrons. The van der Waals surface area contributed by atoms with Gasteiger partial charge in [-0.2, -0.15) is 4.98 Å². The Morgan fingerprint density at radius 3 is 2.60 bits per heavy atom. The Hall–Kier alpha value is -3.07. The number of aromatic amines is 1. The summed E-state index contributed by atoms with van der Waals surface area (Å²) in [6, 6.07) is 9.62. The number of nitrogens with one attached hydrogen (secondary N) is 2. The normalized spacial score (nSPS) is 11.3. The molecule has 2 aromatic heterocycles. The van der Waals surface area contributed by atoms with Crippen LogP contribution >= 0.6 is 0 Å². The van der Waals surface area contributed by atoms with Crippen LogP contribution in [0.25, 0.3) is 11.2 Å². The van der Waals surface area contributed by atoms with Crippen molar-refractivity contribution in [3.05, 3.63) is 51.2 Å². The number of rotatable bonds is 11.